The number of rotatable bonds is 26. The van der Waals surface area contributed by atoms with E-state index in [0.717, 1.165) is 57.8 Å². The summed E-state index contributed by atoms with van der Waals surface area (Å²) < 4.78 is 33.1. The Morgan fingerprint density at radius 1 is 0.560 bits per heavy atom. The molecule has 294 valence electrons. The molecule has 2 rings (SSSR count). The van der Waals surface area contributed by atoms with Gasteiger partial charge in [0.1, 0.15) is 55.4 Å². The van der Waals surface area contributed by atoms with Crippen molar-refractivity contribution in [3.05, 3.63) is 0 Å². The molecule has 11 atom stereocenters. The van der Waals surface area contributed by atoms with Crippen LogP contribution in [0.5, 0.6) is 0 Å². The van der Waals surface area contributed by atoms with Crippen LogP contribution in [0.3, 0.4) is 0 Å². The van der Waals surface area contributed by atoms with Crippen LogP contribution in [-0.4, -0.2) is 142 Å². The molecule has 2 aliphatic rings. The van der Waals surface area contributed by atoms with Gasteiger partial charge in [0, 0.05) is 12.8 Å². The normalized spacial score (nSPS) is 30.6. The second-order valence-corrected chi connectivity index (χ2v) is 13.4. The van der Waals surface area contributed by atoms with Gasteiger partial charge in [0.2, 0.25) is 0 Å². The van der Waals surface area contributed by atoms with Crippen LogP contribution in [0.25, 0.3) is 0 Å². The molecule has 0 aromatic carbocycles. The van der Waals surface area contributed by atoms with Crippen LogP contribution in [0.2, 0.25) is 0 Å². The van der Waals surface area contributed by atoms with E-state index in [9.17, 15) is 45.3 Å². The largest absolute Gasteiger partial charge is 0.462 e. The SMILES string of the molecule is CCCCCCCCCC(=O)OCC(COC1OC(COC2OC(CO)C(O)C(O)C2O)C(O)C(O)C1O)OC(=O)CCCCCCCCC. The van der Waals surface area contributed by atoms with E-state index < -0.39 is 92.7 Å². The van der Waals surface area contributed by atoms with Crippen LogP contribution in [0.15, 0.2) is 0 Å². The Morgan fingerprint density at radius 2 is 1.02 bits per heavy atom. The number of hydrogen-bond acceptors (Lipinski definition) is 15. The van der Waals surface area contributed by atoms with E-state index in [0.29, 0.717) is 12.8 Å². The summed E-state index contributed by atoms with van der Waals surface area (Å²) in [4.78, 5) is 25.2. The molecule has 2 heterocycles. The molecule has 0 spiro atoms. The molecule has 0 aromatic rings. The predicted octanol–water partition coefficient (Wildman–Crippen LogP) is 1.36. The predicted molar refractivity (Wildman–Crippen MR) is 178 cm³/mol. The zero-order valence-electron chi connectivity index (χ0n) is 29.9. The molecule has 7 N–H and O–H groups in total. The first-order valence-corrected chi connectivity index (χ1v) is 18.6. The summed E-state index contributed by atoms with van der Waals surface area (Å²) in [6.07, 6.45) is -2.01. The quantitative estimate of drug-likeness (QED) is 0.0493. The van der Waals surface area contributed by atoms with Gasteiger partial charge in [-0.15, -0.1) is 0 Å². The zero-order valence-corrected chi connectivity index (χ0v) is 29.9. The van der Waals surface area contributed by atoms with Crippen molar-refractivity contribution in [3.8, 4) is 0 Å². The van der Waals surface area contributed by atoms with Gasteiger partial charge in [0.25, 0.3) is 0 Å². The minimum atomic E-state index is -1.75. The average molecular weight is 725 g/mol. The van der Waals surface area contributed by atoms with Gasteiger partial charge in [-0.25, -0.2) is 0 Å². The molecule has 15 heteroatoms. The minimum absolute atomic E-state index is 0.168. The third-order valence-corrected chi connectivity index (χ3v) is 9.09. The number of carbonyl (C=O) groups is 2. The lowest BCUT2D eigenvalue weighted by Crippen LogP contribution is -2.61. The fraction of sp³-hybridized carbons (Fsp3) is 0.943. The summed E-state index contributed by atoms with van der Waals surface area (Å²) >= 11 is 0. The van der Waals surface area contributed by atoms with Crippen LogP contribution in [-0.2, 0) is 38.0 Å². The van der Waals surface area contributed by atoms with Crippen LogP contribution in [0.4, 0.5) is 0 Å². The van der Waals surface area contributed by atoms with Gasteiger partial charge >= 0.3 is 11.9 Å². The third kappa shape index (κ3) is 16.0. The van der Waals surface area contributed by atoms with Crippen LogP contribution in [0.1, 0.15) is 117 Å². The first-order valence-electron chi connectivity index (χ1n) is 18.6. The lowest BCUT2D eigenvalue weighted by Gasteiger charge is -2.42. The summed E-state index contributed by atoms with van der Waals surface area (Å²) in [5.41, 5.74) is 0. The number of esters is 2. The smallest absolute Gasteiger partial charge is 0.306 e. The average Bonchev–Trinajstić information content (AvgIpc) is 3.10. The zero-order chi connectivity index (χ0) is 36.9. The van der Waals surface area contributed by atoms with E-state index in [2.05, 4.69) is 13.8 Å². The highest BCUT2D eigenvalue weighted by atomic mass is 16.7. The van der Waals surface area contributed by atoms with E-state index in [4.69, 9.17) is 28.4 Å². The lowest BCUT2D eigenvalue weighted by atomic mass is 9.98. The van der Waals surface area contributed by atoms with Crippen LogP contribution in [0, 0.1) is 0 Å². The summed E-state index contributed by atoms with van der Waals surface area (Å²) in [7, 11) is 0. The maximum atomic E-state index is 12.7. The Labute approximate surface area is 296 Å². The topological polar surface area (TPSA) is 231 Å². The van der Waals surface area contributed by atoms with Crippen molar-refractivity contribution in [1.82, 2.24) is 0 Å². The third-order valence-electron chi connectivity index (χ3n) is 9.09. The summed E-state index contributed by atoms with van der Waals surface area (Å²) in [6, 6.07) is 0. The molecular weight excluding hydrogens is 660 g/mol. The number of unbranched alkanes of at least 4 members (excludes halogenated alkanes) is 12. The molecule has 50 heavy (non-hydrogen) atoms. The summed E-state index contributed by atoms with van der Waals surface area (Å²) in [5.74, 6) is -0.939. The minimum Gasteiger partial charge on any atom is -0.462 e. The number of carbonyl (C=O) groups excluding carboxylic acids is 2. The van der Waals surface area contributed by atoms with E-state index in [-0.39, 0.29) is 26.1 Å². The highest BCUT2D eigenvalue weighted by Crippen LogP contribution is 2.26. The fourth-order valence-corrected chi connectivity index (χ4v) is 5.86. The van der Waals surface area contributed by atoms with Gasteiger partial charge in [-0.05, 0) is 12.8 Å². The number of aliphatic hydroxyl groups is 7. The second-order valence-electron chi connectivity index (χ2n) is 13.4. The lowest BCUT2D eigenvalue weighted by molar-refractivity contribution is -0.332. The summed E-state index contributed by atoms with van der Waals surface area (Å²) in [6.45, 7) is 2.43. The van der Waals surface area contributed by atoms with E-state index >= 15 is 0 Å². The highest BCUT2D eigenvalue weighted by Gasteiger charge is 2.47. The fourth-order valence-electron chi connectivity index (χ4n) is 5.86. The van der Waals surface area contributed by atoms with Crippen molar-refractivity contribution in [2.45, 2.75) is 184 Å². The van der Waals surface area contributed by atoms with Crippen molar-refractivity contribution in [2.75, 3.05) is 26.4 Å². The first kappa shape index (κ1) is 44.7. The van der Waals surface area contributed by atoms with Crippen LogP contribution < -0.4 is 0 Å². The number of hydrogen-bond donors (Lipinski definition) is 7. The van der Waals surface area contributed by atoms with Gasteiger partial charge in [-0.1, -0.05) is 90.9 Å². The van der Waals surface area contributed by atoms with Gasteiger partial charge in [-0.2, -0.15) is 0 Å². The van der Waals surface area contributed by atoms with E-state index in [1.165, 1.54) is 19.3 Å². The van der Waals surface area contributed by atoms with Gasteiger partial charge in [-0.3, -0.25) is 9.59 Å². The number of aliphatic hydroxyl groups excluding tert-OH is 7. The molecule has 11 unspecified atom stereocenters. The molecule has 0 aromatic heterocycles. The second kappa shape index (κ2) is 25.5. The molecular formula is C35H64O15. The molecule has 0 aliphatic carbocycles. The Kier molecular flexibility index (Phi) is 22.8. The standard InChI is InChI=1S/C35H64O15/c1-3-5-7-9-11-13-15-17-26(37)45-20-23(48-27(38)18-16-14-12-10-8-6-4-2)21-46-34-33(44)31(42)29(40)25(50-34)22-47-35-32(43)30(41)28(39)24(19-36)49-35/h23-25,28-36,39-44H,3-22H2,1-2H3. The highest BCUT2D eigenvalue weighted by molar-refractivity contribution is 5.70. The van der Waals surface area contributed by atoms with Gasteiger partial charge in [0.05, 0.1) is 19.8 Å². The molecule has 2 saturated heterocycles. The Morgan fingerprint density at radius 3 is 1.56 bits per heavy atom. The molecule has 0 radical (unpaired) electrons. The monoisotopic (exact) mass is 724 g/mol. The Balaban J connectivity index is 1.94. The first-order chi connectivity index (χ1) is 24.0. The van der Waals surface area contributed by atoms with Crippen molar-refractivity contribution in [1.29, 1.82) is 0 Å². The summed E-state index contributed by atoms with van der Waals surface area (Å²) in [5, 5.41) is 71.3. The van der Waals surface area contributed by atoms with Crippen molar-refractivity contribution in [2.24, 2.45) is 0 Å². The molecule has 0 amide bonds. The maximum Gasteiger partial charge on any atom is 0.306 e. The van der Waals surface area contributed by atoms with Crippen molar-refractivity contribution < 1.29 is 73.8 Å². The molecule has 0 bridgehead atoms. The molecule has 0 saturated carbocycles. The molecule has 2 aliphatic heterocycles. The molecule has 15 nitrogen and oxygen atoms in total. The number of ether oxygens (including phenoxy) is 6. The van der Waals surface area contributed by atoms with Crippen LogP contribution >= 0.6 is 0 Å². The van der Waals surface area contributed by atoms with E-state index in [1.807, 2.05) is 0 Å². The van der Waals surface area contributed by atoms with Crippen molar-refractivity contribution >= 4 is 11.9 Å². The van der Waals surface area contributed by atoms with Gasteiger partial charge in [0.15, 0.2) is 18.7 Å². The molecule has 2 fully saturated rings. The van der Waals surface area contributed by atoms with Gasteiger partial charge < -0.3 is 64.2 Å². The maximum absolute atomic E-state index is 12.7. The Hall–Kier alpha value is -1.50. The van der Waals surface area contributed by atoms with Crippen molar-refractivity contribution in [3.63, 3.8) is 0 Å². The Bertz CT molecular complexity index is 907. The van der Waals surface area contributed by atoms with E-state index in [1.54, 1.807) is 0 Å².